The van der Waals surface area contributed by atoms with Crippen molar-refractivity contribution in [3.63, 3.8) is 0 Å². The molecule has 2 unspecified atom stereocenters. The van der Waals surface area contributed by atoms with E-state index in [-0.39, 0.29) is 56.1 Å². The first kappa shape index (κ1) is 49.4. The summed E-state index contributed by atoms with van der Waals surface area (Å²) in [5.74, 6) is -2.86. The maximum Gasteiger partial charge on any atom is 0.313 e. The Bertz CT molecular complexity index is 635. The molecule has 0 amide bonds. The van der Waals surface area contributed by atoms with Crippen molar-refractivity contribution in [1.82, 2.24) is 0 Å². The van der Waals surface area contributed by atoms with Crippen LogP contribution in [0, 0.1) is 11.8 Å². The van der Waals surface area contributed by atoms with Gasteiger partial charge in [0.2, 0.25) is 0 Å². The minimum Gasteiger partial charge on any atom is -0.481 e. The Morgan fingerprint density at radius 1 is 0.610 bits per heavy atom. The van der Waals surface area contributed by atoms with E-state index in [4.69, 9.17) is 20.4 Å². The molecule has 0 fully saturated rings. The number of carbonyl (C=O) groups is 6. The van der Waals surface area contributed by atoms with Gasteiger partial charge in [0, 0.05) is 0 Å². The van der Waals surface area contributed by atoms with Crippen LogP contribution >= 0.6 is 25.3 Å². The molecule has 0 bridgehead atoms. The van der Waals surface area contributed by atoms with Crippen LogP contribution in [0.5, 0.6) is 0 Å². The monoisotopic (exact) mass is 734 g/mol. The van der Waals surface area contributed by atoms with E-state index in [0.717, 1.165) is 73.1 Å². The number of aliphatic carboxylic acids is 4. The number of rotatable bonds is 18. The van der Waals surface area contributed by atoms with Crippen LogP contribution in [0.25, 0.3) is 0 Å². The number of hydrogen-bond donors (Lipinski definition) is 6. The zero-order chi connectivity index (χ0) is 33.2. The van der Waals surface area contributed by atoms with Crippen molar-refractivity contribution >= 4 is 81.8 Å². The van der Waals surface area contributed by atoms with Crippen LogP contribution in [-0.4, -0.2) is 88.5 Å². The van der Waals surface area contributed by atoms with Gasteiger partial charge in [0.05, 0.1) is 23.3 Å². The van der Waals surface area contributed by atoms with Crippen molar-refractivity contribution < 1.29 is 49.2 Å². The summed E-state index contributed by atoms with van der Waals surface area (Å²) in [5.41, 5.74) is 0. The molecule has 0 aliphatic heterocycles. The van der Waals surface area contributed by atoms with E-state index in [1.807, 2.05) is 13.8 Å². The van der Waals surface area contributed by atoms with Crippen LogP contribution < -0.4 is 0 Å². The zero-order valence-electron chi connectivity index (χ0n) is 25.7. The minimum atomic E-state index is -0.881. The molecule has 2 atom stereocenters. The van der Waals surface area contributed by atoms with Crippen LogP contribution in [0.3, 0.4) is 0 Å². The standard InChI is InChI=1S/2C8H16O2.2C4H7O.2C2H4O2S.Sn/c2*1-3-5-6-7(4-2)8(9)10;2*1-3-4(2)5;2*3-2(4)1-5;/h2*7H,3-6H2,1-2H3,(H,9,10);2*1,3H2,2H3;2*5H,1H2,(H,3,4);. The Balaban J connectivity index is -0.000000136. The average molecular weight is 734 g/mol. The Hall–Kier alpha value is -1.28. The van der Waals surface area contributed by atoms with Crippen LogP contribution in [0.4, 0.5) is 0 Å². The van der Waals surface area contributed by atoms with Crippen molar-refractivity contribution in [2.75, 3.05) is 11.5 Å². The SMILES string of the molecule is CC(=O)C[CH2][Sn][CH2]CC(C)=O.CCCCC(CC)C(=O)O.CCCCC(CC)C(=O)O.O=C(O)CS.O=C(O)CS. The van der Waals surface area contributed by atoms with Crippen molar-refractivity contribution in [1.29, 1.82) is 0 Å². The van der Waals surface area contributed by atoms with Gasteiger partial charge in [-0.3, -0.25) is 19.2 Å². The molecule has 0 saturated heterocycles. The molecule has 0 aromatic rings. The summed E-state index contributed by atoms with van der Waals surface area (Å²) in [6, 6.07) is 0. The molecular formula is C28H54O10S2Sn. The average Bonchev–Trinajstić information content (AvgIpc) is 2.90. The summed E-state index contributed by atoms with van der Waals surface area (Å²) in [6.07, 6.45) is 8.91. The summed E-state index contributed by atoms with van der Waals surface area (Å²) in [5, 5.41) is 32.5. The smallest absolute Gasteiger partial charge is 0.313 e. The van der Waals surface area contributed by atoms with Crippen molar-refractivity contribution in [2.24, 2.45) is 11.8 Å². The molecule has 0 aromatic carbocycles. The first-order valence-electron chi connectivity index (χ1n) is 13.9. The van der Waals surface area contributed by atoms with E-state index in [9.17, 15) is 28.8 Å². The van der Waals surface area contributed by atoms with E-state index in [1.165, 1.54) is 0 Å². The van der Waals surface area contributed by atoms with Gasteiger partial charge in [-0.15, -0.1) is 0 Å². The fourth-order valence-electron chi connectivity index (χ4n) is 2.56. The molecule has 242 valence electrons. The van der Waals surface area contributed by atoms with E-state index in [2.05, 4.69) is 39.1 Å². The van der Waals surface area contributed by atoms with Gasteiger partial charge in [0.1, 0.15) is 0 Å². The number of Topliss-reactive ketones (excluding diaryl/α,β-unsaturated/α-hetero) is 2. The quantitative estimate of drug-likeness (QED) is 0.0550. The molecule has 0 aliphatic rings. The fourth-order valence-corrected chi connectivity index (χ4v) is 6.29. The van der Waals surface area contributed by atoms with Gasteiger partial charge < -0.3 is 20.4 Å². The van der Waals surface area contributed by atoms with E-state index >= 15 is 0 Å². The summed E-state index contributed by atoms with van der Waals surface area (Å²) in [6.45, 7) is 11.3. The van der Waals surface area contributed by atoms with E-state index < -0.39 is 23.9 Å². The van der Waals surface area contributed by atoms with Gasteiger partial charge in [0.15, 0.2) is 0 Å². The molecule has 0 heterocycles. The summed E-state index contributed by atoms with van der Waals surface area (Å²) >= 11 is 6.47. The topological polar surface area (TPSA) is 183 Å². The number of thiol groups is 2. The Morgan fingerprint density at radius 3 is 1.02 bits per heavy atom. The Labute approximate surface area is 267 Å². The van der Waals surface area contributed by atoms with Crippen molar-refractivity contribution in [2.45, 2.75) is 115 Å². The second kappa shape index (κ2) is 38.7. The first-order valence-corrected chi connectivity index (χ1v) is 19.2. The summed E-state index contributed by atoms with van der Waals surface area (Å²) < 4.78 is 2.21. The van der Waals surface area contributed by atoms with Crippen LogP contribution in [0.15, 0.2) is 0 Å². The third-order valence-corrected chi connectivity index (χ3v) is 9.06. The zero-order valence-corrected chi connectivity index (χ0v) is 30.3. The maximum absolute atomic E-state index is 10.5. The molecule has 10 nitrogen and oxygen atoms in total. The molecule has 0 saturated carbocycles. The van der Waals surface area contributed by atoms with Crippen LogP contribution in [0.2, 0.25) is 8.87 Å². The van der Waals surface area contributed by atoms with Crippen LogP contribution in [0.1, 0.15) is 106 Å². The van der Waals surface area contributed by atoms with Crippen molar-refractivity contribution in [3.05, 3.63) is 0 Å². The molecule has 0 aromatic heterocycles. The normalized spacial score (nSPS) is 10.7. The van der Waals surface area contributed by atoms with Gasteiger partial charge >= 0.3 is 102 Å². The summed E-state index contributed by atoms with van der Waals surface area (Å²) in [4.78, 5) is 60.5. The third kappa shape index (κ3) is 55.3. The van der Waals surface area contributed by atoms with Gasteiger partial charge in [-0.2, -0.15) is 25.3 Å². The first-order chi connectivity index (χ1) is 19.1. The Kier molecular flexibility index (Phi) is 46.6. The van der Waals surface area contributed by atoms with E-state index in [1.54, 1.807) is 13.8 Å². The Morgan fingerprint density at radius 2 is 0.878 bits per heavy atom. The third-order valence-electron chi connectivity index (χ3n) is 5.07. The van der Waals surface area contributed by atoms with Gasteiger partial charge in [-0.25, -0.2) is 0 Å². The van der Waals surface area contributed by atoms with Crippen molar-refractivity contribution in [3.8, 4) is 0 Å². The van der Waals surface area contributed by atoms with Gasteiger partial charge in [0.25, 0.3) is 0 Å². The molecule has 13 heteroatoms. The molecule has 4 N–H and O–H groups in total. The fraction of sp³-hybridized carbons (Fsp3) is 0.786. The number of carbonyl (C=O) groups excluding carboxylic acids is 2. The molecule has 0 spiro atoms. The molecular weight excluding hydrogens is 679 g/mol. The molecule has 0 aliphatic carbocycles. The van der Waals surface area contributed by atoms with E-state index in [0.29, 0.717) is 0 Å². The molecule has 41 heavy (non-hydrogen) atoms. The van der Waals surface area contributed by atoms with Gasteiger partial charge in [-0.05, 0) is 25.7 Å². The second-order valence-electron chi connectivity index (χ2n) is 8.93. The number of ketones is 2. The number of carboxylic acid groups (broad SMARTS) is 4. The van der Waals surface area contributed by atoms with Crippen LogP contribution in [-0.2, 0) is 28.8 Å². The maximum atomic E-state index is 10.5. The second-order valence-corrected chi connectivity index (χ2v) is 13.8. The predicted octanol–water partition coefficient (Wildman–Crippen LogP) is 6.06. The molecule has 0 rings (SSSR count). The van der Waals surface area contributed by atoms with Gasteiger partial charge in [-0.1, -0.05) is 53.4 Å². The number of hydrogen-bond acceptors (Lipinski definition) is 8. The predicted molar refractivity (Wildman–Crippen MR) is 171 cm³/mol. The molecule has 2 radical (unpaired) electrons. The number of carboxylic acids is 4. The summed E-state index contributed by atoms with van der Waals surface area (Å²) in [7, 11) is 0. The largest absolute Gasteiger partial charge is 0.481 e. The number of unbranched alkanes of at least 4 members (excludes halogenated alkanes) is 2. The minimum absolute atomic E-state index is 0.0833.